The number of benzene rings is 1. The second kappa shape index (κ2) is 4.46. The molecule has 94 valence electrons. The molecule has 2 aromatic rings. The number of furan rings is 1. The van der Waals surface area contributed by atoms with E-state index < -0.39 is 0 Å². The van der Waals surface area contributed by atoms with E-state index in [9.17, 15) is 4.79 Å². The number of carbonyl (C=O) groups excluding carboxylic acids is 1. The fraction of sp³-hybridized carbons (Fsp3) is 0.357. The van der Waals surface area contributed by atoms with Crippen molar-refractivity contribution in [1.82, 2.24) is 0 Å². The van der Waals surface area contributed by atoms with E-state index in [0.717, 1.165) is 35.3 Å². The van der Waals surface area contributed by atoms with Gasteiger partial charge in [0.05, 0.1) is 0 Å². The van der Waals surface area contributed by atoms with Crippen LogP contribution in [0, 0.1) is 6.92 Å². The molecule has 1 amide bonds. The van der Waals surface area contributed by atoms with E-state index in [2.05, 4.69) is 5.32 Å². The van der Waals surface area contributed by atoms with Crippen LogP contribution in [0.2, 0.25) is 0 Å². The lowest BCUT2D eigenvalue weighted by Crippen LogP contribution is -2.26. The molecule has 4 nitrogen and oxygen atoms in total. The molecule has 2 heterocycles. The molecule has 1 N–H and O–H groups in total. The number of amides is 1. The molecule has 18 heavy (non-hydrogen) atoms. The van der Waals surface area contributed by atoms with Gasteiger partial charge in [0.2, 0.25) is 0 Å². The number of nitrogens with one attached hydrogen (secondary N) is 1. The first-order valence-corrected chi connectivity index (χ1v) is 6.15. The van der Waals surface area contributed by atoms with Gasteiger partial charge < -0.3 is 14.5 Å². The van der Waals surface area contributed by atoms with Crippen LogP contribution in [0.15, 0.2) is 28.7 Å². The first kappa shape index (κ1) is 11.3. The Balaban J connectivity index is 1.79. The molecule has 0 saturated carbocycles. The van der Waals surface area contributed by atoms with Crippen LogP contribution < -0.4 is 5.32 Å². The molecule has 3 rings (SSSR count). The van der Waals surface area contributed by atoms with Crippen LogP contribution in [0.3, 0.4) is 0 Å². The van der Waals surface area contributed by atoms with Crippen LogP contribution >= 0.6 is 0 Å². The standard InChI is InChI=1S/C14H15NO3/c1-9-7-10-8-11(4-5-12(10)18-9)15-14(16)13-3-2-6-17-13/h4-5,7-8,13H,2-3,6H2,1H3,(H,15,16)/t13-/m1/s1. The molecule has 1 fully saturated rings. The predicted octanol–water partition coefficient (Wildman–Crippen LogP) is 2.86. The van der Waals surface area contributed by atoms with Gasteiger partial charge in [-0.05, 0) is 44.0 Å². The molecular weight excluding hydrogens is 230 g/mol. The topological polar surface area (TPSA) is 51.5 Å². The lowest BCUT2D eigenvalue weighted by Gasteiger charge is -2.10. The Hall–Kier alpha value is -1.81. The monoisotopic (exact) mass is 245 g/mol. The fourth-order valence-electron chi connectivity index (χ4n) is 2.26. The van der Waals surface area contributed by atoms with Crippen molar-refractivity contribution in [3.8, 4) is 0 Å². The molecule has 1 aromatic heterocycles. The van der Waals surface area contributed by atoms with Crippen LogP contribution in [0.1, 0.15) is 18.6 Å². The Labute approximate surface area is 105 Å². The average Bonchev–Trinajstić information content (AvgIpc) is 2.95. The molecule has 0 bridgehead atoms. The Morgan fingerprint density at radius 3 is 3.06 bits per heavy atom. The minimum atomic E-state index is -0.299. The smallest absolute Gasteiger partial charge is 0.253 e. The third-order valence-electron chi connectivity index (χ3n) is 3.13. The molecular formula is C14H15NO3. The molecule has 1 aliphatic heterocycles. The van der Waals surface area contributed by atoms with Gasteiger partial charge in [-0.1, -0.05) is 0 Å². The van der Waals surface area contributed by atoms with E-state index in [1.165, 1.54) is 0 Å². The number of hydrogen-bond acceptors (Lipinski definition) is 3. The number of rotatable bonds is 2. The highest BCUT2D eigenvalue weighted by atomic mass is 16.5. The van der Waals surface area contributed by atoms with Gasteiger partial charge in [0.1, 0.15) is 17.4 Å². The Morgan fingerprint density at radius 1 is 1.39 bits per heavy atom. The van der Waals surface area contributed by atoms with Crippen molar-refractivity contribution in [3.05, 3.63) is 30.0 Å². The molecule has 1 aliphatic rings. The number of anilines is 1. The lowest BCUT2D eigenvalue weighted by atomic mass is 10.2. The number of ether oxygens (including phenoxy) is 1. The zero-order chi connectivity index (χ0) is 12.5. The summed E-state index contributed by atoms with van der Waals surface area (Å²) in [6, 6.07) is 7.58. The summed E-state index contributed by atoms with van der Waals surface area (Å²) in [6.45, 7) is 2.59. The first-order valence-electron chi connectivity index (χ1n) is 6.15. The summed E-state index contributed by atoms with van der Waals surface area (Å²) in [7, 11) is 0. The van der Waals surface area contributed by atoms with Gasteiger partial charge in [-0.3, -0.25) is 4.79 Å². The third kappa shape index (κ3) is 2.11. The maximum atomic E-state index is 11.9. The van der Waals surface area contributed by atoms with Crippen molar-refractivity contribution < 1.29 is 13.9 Å². The van der Waals surface area contributed by atoms with Gasteiger partial charge >= 0.3 is 0 Å². The van der Waals surface area contributed by atoms with Crippen LogP contribution in [0.5, 0.6) is 0 Å². The highest BCUT2D eigenvalue weighted by Gasteiger charge is 2.23. The van der Waals surface area contributed by atoms with E-state index in [1.807, 2.05) is 31.2 Å². The van der Waals surface area contributed by atoms with E-state index in [4.69, 9.17) is 9.15 Å². The van der Waals surface area contributed by atoms with E-state index >= 15 is 0 Å². The van der Waals surface area contributed by atoms with Crippen molar-refractivity contribution in [2.24, 2.45) is 0 Å². The zero-order valence-corrected chi connectivity index (χ0v) is 10.2. The van der Waals surface area contributed by atoms with Crippen molar-refractivity contribution in [2.45, 2.75) is 25.9 Å². The van der Waals surface area contributed by atoms with Crippen LogP contribution in [0.25, 0.3) is 11.0 Å². The van der Waals surface area contributed by atoms with Crippen LogP contribution in [-0.4, -0.2) is 18.6 Å². The number of aryl methyl sites for hydroxylation is 1. The lowest BCUT2D eigenvalue weighted by molar-refractivity contribution is -0.124. The van der Waals surface area contributed by atoms with Crippen molar-refractivity contribution in [3.63, 3.8) is 0 Å². The summed E-state index contributed by atoms with van der Waals surface area (Å²) >= 11 is 0. The molecule has 1 saturated heterocycles. The van der Waals surface area contributed by atoms with Crippen molar-refractivity contribution in [2.75, 3.05) is 11.9 Å². The summed E-state index contributed by atoms with van der Waals surface area (Å²) in [4.78, 5) is 11.9. The maximum Gasteiger partial charge on any atom is 0.253 e. The second-order valence-electron chi connectivity index (χ2n) is 4.60. The summed E-state index contributed by atoms with van der Waals surface area (Å²) < 4.78 is 10.8. The van der Waals surface area contributed by atoms with E-state index in [-0.39, 0.29) is 12.0 Å². The fourth-order valence-corrected chi connectivity index (χ4v) is 2.26. The minimum Gasteiger partial charge on any atom is -0.461 e. The molecule has 4 heteroatoms. The van der Waals surface area contributed by atoms with Gasteiger partial charge in [-0.25, -0.2) is 0 Å². The number of fused-ring (bicyclic) bond motifs is 1. The Bertz CT molecular complexity index is 582. The van der Waals surface area contributed by atoms with Gasteiger partial charge in [0, 0.05) is 17.7 Å². The summed E-state index contributed by atoms with van der Waals surface area (Å²) in [5.74, 6) is 0.805. The predicted molar refractivity (Wildman–Crippen MR) is 68.6 cm³/mol. The number of hydrogen-bond donors (Lipinski definition) is 1. The number of carbonyl (C=O) groups is 1. The maximum absolute atomic E-state index is 11.9. The van der Waals surface area contributed by atoms with Crippen molar-refractivity contribution in [1.29, 1.82) is 0 Å². The molecule has 0 radical (unpaired) electrons. The molecule has 1 aromatic carbocycles. The van der Waals surface area contributed by atoms with Gasteiger partial charge in [-0.15, -0.1) is 0 Å². The molecule has 0 aliphatic carbocycles. The molecule has 0 spiro atoms. The van der Waals surface area contributed by atoms with Crippen molar-refractivity contribution >= 4 is 22.6 Å². The average molecular weight is 245 g/mol. The molecule has 1 atom stereocenters. The Kier molecular flexibility index (Phi) is 2.80. The van der Waals surface area contributed by atoms with Crippen LogP contribution in [-0.2, 0) is 9.53 Å². The van der Waals surface area contributed by atoms with E-state index in [1.54, 1.807) is 0 Å². The molecule has 0 unspecified atom stereocenters. The summed E-state index contributed by atoms with van der Waals surface area (Å²) in [6.07, 6.45) is 1.46. The van der Waals surface area contributed by atoms with Gasteiger partial charge in [0.15, 0.2) is 0 Å². The normalized spacial score (nSPS) is 19.3. The quantitative estimate of drug-likeness (QED) is 0.885. The summed E-state index contributed by atoms with van der Waals surface area (Å²) in [5.41, 5.74) is 1.62. The van der Waals surface area contributed by atoms with Gasteiger partial charge in [0.25, 0.3) is 5.91 Å². The minimum absolute atomic E-state index is 0.0629. The highest BCUT2D eigenvalue weighted by Crippen LogP contribution is 2.23. The highest BCUT2D eigenvalue weighted by molar-refractivity contribution is 5.96. The first-order chi connectivity index (χ1) is 8.72. The largest absolute Gasteiger partial charge is 0.461 e. The zero-order valence-electron chi connectivity index (χ0n) is 10.2. The SMILES string of the molecule is Cc1cc2cc(NC(=O)[C@H]3CCCO3)ccc2o1. The van der Waals surface area contributed by atoms with Crippen LogP contribution in [0.4, 0.5) is 5.69 Å². The third-order valence-corrected chi connectivity index (χ3v) is 3.13. The Morgan fingerprint density at radius 2 is 2.28 bits per heavy atom. The van der Waals surface area contributed by atoms with E-state index in [0.29, 0.717) is 6.61 Å². The van der Waals surface area contributed by atoms with Gasteiger partial charge in [-0.2, -0.15) is 0 Å². The second-order valence-corrected chi connectivity index (χ2v) is 4.60. The summed E-state index contributed by atoms with van der Waals surface area (Å²) in [5, 5.41) is 3.88.